The first-order chi connectivity index (χ1) is 8.83. The number of rotatable bonds is 0. The Bertz CT molecular complexity index is 766. The lowest BCUT2D eigenvalue weighted by molar-refractivity contribution is 1.27. The molecule has 0 heterocycles. The molecule has 0 aliphatic heterocycles. The summed E-state index contributed by atoms with van der Waals surface area (Å²) in [6.07, 6.45) is 1.08. The molecule has 3 aromatic rings. The second-order valence-corrected chi connectivity index (χ2v) is 5.16. The van der Waals surface area contributed by atoms with Crippen molar-refractivity contribution in [2.75, 3.05) is 0 Å². The van der Waals surface area contributed by atoms with Gasteiger partial charge in [-0.1, -0.05) is 60.2 Å². The molecule has 0 saturated carbocycles. The lowest BCUT2D eigenvalue weighted by Gasteiger charge is -2.07. The molecule has 0 atom stereocenters. The molecule has 0 heteroatoms. The summed E-state index contributed by atoms with van der Waals surface area (Å²) in [5.41, 5.74) is 7.13. The van der Waals surface area contributed by atoms with Crippen LogP contribution in [0.25, 0.3) is 21.9 Å². The van der Waals surface area contributed by atoms with E-state index in [1.165, 1.54) is 38.6 Å². The Balaban J connectivity index is 2.16. The molecule has 0 radical (unpaired) electrons. The molecule has 1 aliphatic carbocycles. The van der Waals surface area contributed by atoms with Gasteiger partial charge in [0, 0.05) is 0 Å². The van der Waals surface area contributed by atoms with Gasteiger partial charge in [-0.2, -0.15) is 0 Å². The third kappa shape index (κ3) is 1.26. The molecular weight excluding hydrogens is 216 g/mol. The first kappa shape index (κ1) is 9.90. The van der Waals surface area contributed by atoms with Crippen molar-refractivity contribution >= 4 is 10.8 Å². The lowest BCUT2D eigenvalue weighted by Crippen LogP contribution is -1.83. The Hall–Kier alpha value is -2.08. The van der Waals surface area contributed by atoms with E-state index in [1.807, 2.05) is 0 Å². The third-order valence-electron chi connectivity index (χ3n) is 3.93. The molecule has 0 saturated heterocycles. The van der Waals surface area contributed by atoms with E-state index in [0.717, 1.165) is 6.42 Å². The second kappa shape index (κ2) is 3.46. The van der Waals surface area contributed by atoms with Crippen LogP contribution in [-0.4, -0.2) is 0 Å². The van der Waals surface area contributed by atoms with Crippen LogP contribution in [0.1, 0.15) is 16.7 Å². The summed E-state index contributed by atoms with van der Waals surface area (Å²) < 4.78 is 0. The van der Waals surface area contributed by atoms with Crippen molar-refractivity contribution in [3.05, 3.63) is 71.3 Å². The van der Waals surface area contributed by atoms with E-state index < -0.39 is 0 Å². The van der Waals surface area contributed by atoms with Gasteiger partial charge in [-0.15, -0.1) is 0 Å². The SMILES string of the molecule is Cc1ccc2ccc3c(c2c1)-c1ccccc1C3. The van der Waals surface area contributed by atoms with Gasteiger partial charge in [-0.25, -0.2) is 0 Å². The number of benzene rings is 3. The van der Waals surface area contributed by atoms with Crippen LogP contribution in [-0.2, 0) is 6.42 Å². The number of hydrogen-bond donors (Lipinski definition) is 0. The number of aryl methyl sites for hydroxylation is 1. The van der Waals surface area contributed by atoms with E-state index in [2.05, 4.69) is 61.5 Å². The summed E-state index contributed by atoms with van der Waals surface area (Å²) in [6.45, 7) is 2.17. The fourth-order valence-electron chi connectivity index (χ4n) is 3.07. The first-order valence-corrected chi connectivity index (χ1v) is 6.43. The minimum absolute atomic E-state index is 1.08. The first-order valence-electron chi connectivity index (χ1n) is 6.43. The highest BCUT2D eigenvalue weighted by molar-refractivity contribution is 6.01. The number of fused-ring (bicyclic) bond motifs is 5. The van der Waals surface area contributed by atoms with Crippen LogP contribution < -0.4 is 0 Å². The quantitative estimate of drug-likeness (QED) is 0.410. The van der Waals surface area contributed by atoms with Crippen molar-refractivity contribution in [2.24, 2.45) is 0 Å². The molecule has 0 unspecified atom stereocenters. The Kier molecular flexibility index (Phi) is 1.90. The fraction of sp³-hybridized carbons (Fsp3) is 0.111. The average Bonchev–Trinajstić information content (AvgIpc) is 2.77. The zero-order chi connectivity index (χ0) is 12.1. The van der Waals surface area contributed by atoms with E-state index in [1.54, 1.807) is 0 Å². The van der Waals surface area contributed by atoms with E-state index in [-0.39, 0.29) is 0 Å². The van der Waals surface area contributed by atoms with E-state index in [9.17, 15) is 0 Å². The summed E-state index contributed by atoms with van der Waals surface area (Å²) in [6, 6.07) is 20.0. The molecule has 1 aliphatic rings. The maximum absolute atomic E-state index is 2.32. The molecule has 0 nitrogen and oxygen atoms in total. The summed E-state index contributed by atoms with van der Waals surface area (Å²) in [4.78, 5) is 0. The highest BCUT2D eigenvalue weighted by atomic mass is 14.2. The van der Waals surface area contributed by atoms with Crippen molar-refractivity contribution in [3.8, 4) is 11.1 Å². The Morgan fingerprint density at radius 1 is 0.833 bits per heavy atom. The van der Waals surface area contributed by atoms with Crippen molar-refractivity contribution < 1.29 is 0 Å². The predicted octanol–water partition coefficient (Wildman–Crippen LogP) is 4.72. The van der Waals surface area contributed by atoms with Crippen LogP contribution in [0.4, 0.5) is 0 Å². The standard InChI is InChI=1S/C18H14/c1-12-6-7-13-8-9-15-11-14-4-2-3-5-16(14)18(15)17(13)10-12/h2-10H,11H2,1H3. The summed E-state index contributed by atoms with van der Waals surface area (Å²) in [5, 5.41) is 2.74. The minimum atomic E-state index is 1.08. The molecule has 0 bridgehead atoms. The molecule has 0 aromatic heterocycles. The Morgan fingerprint density at radius 3 is 2.61 bits per heavy atom. The summed E-state index contributed by atoms with van der Waals surface area (Å²) in [7, 11) is 0. The van der Waals surface area contributed by atoms with Crippen molar-refractivity contribution in [1.29, 1.82) is 0 Å². The summed E-state index contributed by atoms with van der Waals surface area (Å²) >= 11 is 0. The molecule has 0 amide bonds. The molecule has 0 spiro atoms. The van der Waals surface area contributed by atoms with Crippen LogP contribution in [0, 0.1) is 6.92 Å². The Morgan fingerprint density at radius 2 is 1.67 bits per heavy atom. The molecule has 4 rings (SSSR count). The van der Waals surface area contributed by atoms with Gasteiger partial charge in [0.15, 0.2) is 0 Å². The topological polar surface area (TPSA) is 0 Å². The third-order valence-corrected chi connectivity index (χ3v) is 3.93. The maximum atomic E-state index is 2.32. The maximum Gasteiger partial charge on any atom is -0.00132 e. The zero-order valence-electron chi connectivity index (χ0n) is 10.4. The zero-order valence-corrected chi connectivity index (χ0v) is 10.4. The normalized spacial score (nSPS) is 12.5. The molecule has 0 N–H and O–H groups in total. The smallest absolute Gasteiger partial charge is 0.00132 e. The largest absolute Gasteiger partial charge is 0.0619 e. The summed E-state index contributed by atoms with van der Waals surface area (Å²) in [5.74, 6) is 0. The van der Waals surface area contributed by atoms with Gasteiger partial charge in [-0.3, -0.25) is 0 Å². The minimum Gasteiger partial charge on any atom is -0.0619 e. The molecular formula is C18H14. The van der Waals surface area contributed by atoms with E-state index >= 15 is 0 Å². The van der Waals surface area contributed by atoms with Crippen LogP contribution in [0.5, 0.6) is 0 Å². The van der Waals surface area contributed by atoms with Crippen molar-refractivity contribution in [2.45, 2.75) is 13.3 Å². The van der Waals surface area contributed by atoms with Gasteiger partial charge in [0.25, 0.3) is 0 Å². The van der Waals surface area contributed by atoms with Crippen molar-refractivity contribution in [1.82, 2.24) is 0 Å². The highest BCUT2D eigenvalue weighted by Crippen LogP contribution is 2.41. The highest BCUT2D eigenvalue weighted by Gasteiger charge is 2.19. The van der Waals surface area contributed by atoms with Gasteiger partial charge in [0.2, 0.25) is 0 Å². The lowest BCUT2D eigenvalue weighted by atomic mass is 9.97. The molecule has 18 heavy (non-hydrogen) atoms. The average molecular weight is 230 g/mol. The van der Waals surface area contributed by atoms with Crippen LogP contribution in [0.15, 0.2) is 54.6 Å². The van der Waals surface area contributed by atoms with Gasteiger partial charge < -0.3 is 0 Å². The van der Waals surface area contributed by atoms with Gasteiger partial charge >= 0.3 is 0 Å². The molecule has 3 aromatic carbocycles. The Labute approximate surface area is 107 Å². The second-order valence-electron chi connectivity index (χ2n) is 5.16. The van der Waals surface area contributed by atoms with Gasteiger partial charge in [0.05, 0.1) is 0 Å². The molecule has 0 fully saturated rings. The van der Waals surface area contributed by atoms with Crippen LogP contribution >= 0.6 is 0 Å². The number of hydrogen-bond acceptors (Lipinski definition) is 0. The van der Waals surface area contributed by atoms with E-state index in [4.69, 9.17) is 0 Å². The van der Waals surface area contributed by atoms with Crippen LogP contribution in [0.3, 0.4) is 0 Å². The molecule has 86 valence electrons. The van der Waals surface area contributed by atoms with Crippen molar-refractivity contribution in [3.63, 3.8) is 0 Å². The van der Waals surface area contributed by atoms with E-state index in [0.29, 0.717) is 0 Å². The van der Waals surface area contributed by atoms with Gasteiger partial charge in [-0.05, 0) is 46.4 Å². The predicted molar refractivity (Wildman–Crippen MR) is 76.9 cm³/mol. The monoisotopic (exact) mass is 230 g/mol. The fourth-order valence-corrected chi connectivity index (χ4v) is 3.07. The van der Waals surface area contributed by atoms with Gasteiger partial charge in [0.1, 0.15) is 0 Å². The van der Waals surface area contributed by atoms with Crippen LogP contribution in [0.2, 0.25) is 0 Å².